The van der Waals surface area contributed by atoms with Crippen molar-refractivity contribution in [1.29, 1.82) is 0 Å². The Labute approximate surface area is 206 Å². The Balaban J connectivity index is 1.57. The number of fused-ring (bicyclic) bond motifs is 2. The maximum absolute atomic E-state index is 15.5. The molecule has 4 heterocycles. The molecule has 0 saturated carbocycles. The normalized spacial score (nSPS) is 15.6. The van der Waals surface area contributed by atoms with Gasteiger partial charge in [0.05, 0.1) is 28.5 Å². The minimum Gasteiger partial charge on any atom is -0.440 e. The summed E-state index contributed by atoms with van der Waals surface area (Å²) >= 11 is 0. The highest BCUT2D eigenvalue weighted by molar-refractivity contribution is 5.85. The van der Waals surface area contributed by atoms with E-state index in [2.05, 4.69) is 17.3 Å². The van der Waals surface area contributed by atoms with E-state index in [1.54, 1.807) is 55.4 Å². The van der Waals surface area contributed by atoms with Gasteiger partial charge in [-0.05, 0) is 63.1 Å². The quantitative estimate of drug-likeness (QED) is 0.364. The van der Waals surface area contributed by atoms with Crippen LogP contribution in [0.1, 0.15) is 41.1 Å². The number of aryl methyl sites for hydroxylation is 4. The van der Waals surface area contributed by atoms with E-state index in [9.17, 15) is 4.39 Å². The van der Waals surface area contributed by atoms with Crippen LogP contribution in [0.2, 0.25) is 0 Å². The van der Waals surface area contributed by atoms with E-state index in [1.165, 1.54) is 6.20 Å². The van der Waals surface area contributed by atoms with Gasteiger partial charge in [0.25, 0.3) is 0 Å². The molecule has 0 aliphatic carbocycles. The van der Waals surface area contributed by atoms with Gasteiger partial charge < -0.3 is 9.73 Å². The Hall–Kier alpha value is -3.85. The van der Waals surface area contributed by atoms with Crippen LogP contribution < -0.4 is 5.32 Å². The van der Waals surface area contributed by atoms with Crippen LogP contribution in [0.25, 0.3) is 39.4 Å². The van der Waals surface area contributed by atoms with Gasteiger partial charge in [-0.1, -0.05) is 0 Å². The van der Waals surface area contributed by atoms with Crippen molar-refractivity contribution in [3.8, 4) is 28.5 Å². The van der Waals surface area contributed by atoms with Gasteiger partial charge in [-0.3, -0.25) is 4.68 Å². The van der Waals surface area contributed by atoms with Crippen LogP contribution in [0, 0.1) is 32.4 Å². The van der Waals surface area contributed by atoms with Crippen molar-refractivity contribution < 1.29 is 13.2 Å². The van der Waals surface area contributed by atoms with Gasteiger partial charge in [0.1, 0.15) is 28.8 Å². The summed E-state index contributed by atoms with van der Waals surface area (Å²) in [7, 11) is 1.78. The molecular formula is C27H26F2N6O. The number of nitrogens with one attached hydrogen (secondary N) is 1. The highest BCUT2D eigenvalue weighted by Crippen LogP contribution is 2.39. The molecule has 0 saturated heterocycles. The molecule has 1 aliphatic rings. The molecule has 5 aromatic rings. The van der Waals surface area contributed by atoms with E-state index in [0.29, 0.717) is 50.6 Å². The first-order valence-electron chi connectivity index (χ1n) is 11.9. The van der Waals surface area contributed by atoms with Crippen molar-refractivity contribution in [3.05, 3.63) is 70.2 Å². The van der Waals surface area contributed by atoms with Crippen LogP contribution in [0.5, 0.6) is 0 Å². The predicted octanol–water partition coefficient (Wildman–Crippen LogP) is 5.49. The first kappa shape index (κ1) is 22.6. The molecule has 9 heteroatoms. The van der Waals surface area contributed by atoms with Gasteiger partial charge in [-0.15, -0.1) is 0 Å². The smallest absolute Gasteiger partial charge is 0.246 e. The summed E-state index contributed by atoms with van der Waals surface area (Å²) in [6.45, 7) is 8.13. The molecule has 6 rings (SSSR count). The van der Waals surface area contributed by atoms with E-state index >= 15 is 4.39 Å². The average molecular weight is 489 g/mol. The minimum absolute atomic E-state index is 0.0132. The maximum Gasteiger partial charge on any atom is 0.246 e. The van der Waals surface area contributed by atoms with Gasteiger partial charge in [0.2, 0.25) is 5.89 Å². The number of hydrogen-bond acceptors (Lipinski definition) is 5. The summed E-state index contributed by atoms with van der Waals surface area (Å²) in [6, 6.07) is 7.10. The Kier molecular flexibility index (Phi) is 5.08. The van der Waals surface area contributed by atoms with Crippen LogP contribution in [0.4, 0.5) is 8.78 Å². The molecule has 0 spiro atoms. The summed E-state index contributed by atoms with van der Waals surface area (Å²) in [4.78, 5) is 4.79. The Morgan fingerprint density at radius 1 is 1.08 bits per heavy atom. The number of benzene rings is 2. The highest BCUT2D eigenvalue weighted by Gasteiger charge is 2.31. The lowest BCUT2D eigenvalue weighted by Crippen LogP contribution is -2.27. The lowest BCUT2D eigenvalue weighted by atomic mass is 9.99. The number of halogens is 2. The molecule has 0 radical (unpaired) electrons. The SMILES string of the molecule is Cc1cc(-n2nc3c(c2-c2nc(-c4ccc5c(cnn5C)c4F)c(C)o2)[C@H](C)NCC3)cc(C)c1F. The monoisotopic (exact) mass is 488 g/mol. The van der Waals surface area contributed by atoms with E-state index in [1.807, 2.05) is 6.07 Å². The van der Waals surface area contributed by atoms with Gasteiger partial charge in [0, 0.05) is 37.2 Å². The van der Waals surface area contributed by atoms with Crippen LogP contribution >= 0.6 is 0 Å². The zero-order valence-electron chi connectivity index (χ0n) is 20.8. The molecule has 7 nitrogen and oxygen atoms in total. The van der Waals surface area contributed by atoms with Gasteiger partial charge in [0.15, 0.2) is 0 Å². The van der Waals surface area contributed by atoms with Crippen LogP contribution in [-0.2, 0) is 13.5 Å². The zero-order valence-corrected chi connectivity index (χ0v) is 20.8. The van der Waals surface area contributed by atoms with Crippen molar-refractivity contribution in [2.75, 3.05) is 6.54 Å². The van der Waals surface area contributed by atoms with E-state index in [4.69, 9.17) is 14.5 Å². The third-order valence-corrected chi connectivity index (χ3v) is 7.03. The minimum atomic E-state index is -0.390. The molecule has 0 fully saturated rings. The number of hydrogen-bond donors (Lipinski definition) is 1. The van der Waals surface area contributed by atoms with Gasteiger partial charge in [-0.2, -0.15) is 10.2 Å². The fourth-order valence-corrected chi connectivity index (χ4v) is 5.19. The maximum atomic E-state index is 15.5. The summed E-state index contributed by atoms with van der Waals surface area (Å²) in [5, 5.41) is 13.0. The molecule has 0 amide bonds. The van der Waals surface area contributed by atoms with Crippen molar-refractivity contribution in [1.82, 2.24) is 29.9 Å². The van der Waals surface area contributed by atoms with Gasteiger partial charge >= 0.3 is 0 Å². The standard InChI is InChI=1S/C27H26F2N6O/c1-13-10-17(11-14(2)23(13)28)35-26(22-15(3)30-9-8-20(22)33-35)27-32-25(16(4)36-27)18-6-7-21-19(24(18)29)12-31-34(21)5/h6-7,10-12,15,30H,8-9H2,1-5H3/t15-/m0/s1. The fourth-order valence-electron chi connectivity index (χ4n) is 5.19. The number of oxazole rings is 1. The molecule has 3 aromatic heterocycles. The van der Waals surface area contributed by atoms with Crippen LogP contribution in [0.3, 0.4) is 0 Å². The Morgan fingerprint density at radius 2 is 1.83 bits per heavy atom. The first-order valence-corrected chi connectivity index (χ1v) is 11.9. The third-order valence-electron chi connectivity index (χ3n) is 7.03. The molecule has 1 aliphatic heterocycles. The molecule has 184 valence electrons. The second-order valence-electron chi connectivity index (χ2n) is 9.49. The molecular weight excluding hydrogens is 462 g/mol. The Bertz CT molecular complexity index is 1640. The second-order valence-corrected chi connectivity index (χ2v) is 9.49. The largest absolute Gasteiger partial charge is 0.440 e. The lowest BCUT2D eigenvalue weighted by Gasteiger charge is -2.20. The van der Waals surface area contributed by atoms with E-state index in [-0.39, 0.29) is 17.7 Å². The molecule has 36 heavy (non-hydrogen) atoms. The Morgan fingerprint density at radius 3 is 2.58 bits per heavy atom. The van der Waals surface area contributed by atoms with Crippen molar-refractivity contribution in [2.45, 2.75) is 40.2 Å². The molecule has 1 atom stereocenters. The van der Waals surface area contributed by atoms with Gasteiger partial charge in [-0.25, -0.2) is 18.4 Å². The molecule has 0 unspecified atom stereocenters. The summed E-state index contributed by atoms with van der Waals surface area (Å²) in [5.41, 5.74) is 5.88. The van der Waals surface area contributed by atoms with E-state index < -0.39 is 0 Å². The van der Waals surface area contributed by atoms with Crippen molar-refractivity contribution >= 4 is 10.9 Å². The topological polar surface area (TPSA) is 73.7 Å². The van der Waals surface area contributed by atoms with Crippen LogP contribution in [0.15, 0.2) is 34.9 Å². The van der Waals surface area contributed by atoms with E-state index in [0.717, 1.165) is 29.9 Å². The predicted molar refractivity (Wildman–Crippen MR) is 133 cm³/mol. The molecule has 2 aromatic carbocycles. The van der Waals surface area contributed by atoms with Crippen molar-refractivity contribution in [2.24, 2.45) is 7.05 Å². The lowest BCUT2D eigenvalue weighted by molar-refractivity contribution is 0.525. The van der Waals surface area contributed by atoms with Crippen molar-refractivity contribution in [3.63, 3.8) is 0 Å². The third kappa shape index (κ3) is 3.30. The average Bonchev–Trinajstić information content (AvgIpc) is 3.53. The molecule has 0 bridgehead atoms. The number of nitrogens with zero attached hydrogens (tertiary/aromatic N) is 5. The summed E-state index contributed by atoms with van der Waals surface area (Å²) in [5.74, 6) is 0.218. The zero-order chi connectivity index (χ0) is 25.3. The fraction of sp³-hybridized carbons (Fsp3) is 0.296. The summed E-state index contributed by atoms with van der Waals surface area (Å²) < 4.78 is 39.5. The van der Waals surface area contributed by atoms with Crippen LogP contribution in [-0.4, -0.2) is 31.1 Å². The number of aromatic nitrogens is 5. The number of rotatable bonds is 3. The molecule has 1 N–H and O–H groups in total. The first-order chi connectivity index (χ1) is 17.2. The second kappa shape index (κ2) is 8.09. The summed E-state index contributed by atoms with van der Waals surface area (Å²) in [6.07, 6.45) is 2.26. The highest BCUT2D eigenvalue weighted by atomic mass is 19.1.